The Morgan fingerprint density at radius 1 is 1.07 bits per heavy atom. The van der Waals surface area contributed by atoms with Crippen molar-refractivity contribution in [1.82, 2.24) is 0 Å². The average Bonchev–Trinajstić information content (AvgIpc) is 2.62. The van der Waals surface area contributed by atoms with Crippen LogP contribution in [0.1, 0.15) is 53.2 Å². The van der Waals surface area contributed by atoms with E-state index in [0.29, 0.717) is 21.6 Å². The predicted octanol–water partition coefficient (Wildman–Crippen LogP) is 6.90. The van der Waals surface area contributed by atoms with Crippen molar-refractivity contribution >= 4 is 19.7 Å². The molecular formula is C21H32ClN3O2Si. The molecular weight excluding hydrogens is 390 g/mol. The van der Waals surface area contributed by atoms with Gasteiger partial charge in [0.1, 0.15) is 27.0 Å². The summed E-state index contributed by atoms with van der Waals surface area (Å²) in [6, 6.07) is 6.65. The molecule has 154 valence electrons. The smallest absolute Gasteiger partial charge is 0.147 e. The number of hydrogen-bond acceptors (Lipinski definition) is 3. The van der Waals surface area contributed by atoms with Crippen LogP contribution in [0.5, 0.6) is 0 Å². The lowest BCUT2D eigenvalue weighted by molar-refractivity contribution is -0.0759. The van der Waals surface area contributed by atoms with Crippen molar-refractivity contribution in [2.24, 2.45) is 5.11 Å². The number of nitrogens with zero attached hydrogens (tertiary/aromatic N) is 3. The maximum absolute atomic E-state index is 9.15. The van der Waals surface area contributed by atoms with Gasteiger partial charge in [-0.3, -0.25) is 0 Å². The summed E-state index contributed by atoms with van der Waals surface area (Å²) in [6.45, 7) is 13.6. The van der Waals surface area contributed by atoms with E-state index < -0.39 is 20.2 Å². The monoisotopic (exact) mass is 421 g/mol. The SMILES string of the molecule is COCO[C@@H](c1ccc(Cl)cc1)[C@@H](C#C[Si](C(C)C)(C(C)C)C(C)C)N=[N+]=[N-]. The first-order chi connectivity index (χ1) is 13.2. The number of ether oxygens (including phenoxy) is 2. The summed E-state index contributed by atoms with van der Waals surface area (Å²) in [6.07, 6.45) is -0.529. The highest BCUT2D eigenvalue weighted by Crippen LogP contribution is 2.41. The van der Waals surface area contributed by atoms with Crippen molar-refractivity contribution in [1.29, 1.82) is 0 Å². The maximum atomic E-state index is 9.15. The van der Waals surface area contributed by atoms with Gasteiger partial charge in [0.05, 0.1) is 0 Å². The number of hydrogen-bond donors (Lipinski definition) is 0. The molecule has 0 fully saturated rings. The second kappa shape index (κ2) is 11.5. The van der Waals surface area contributed by atoms with Gasteiger partial charge in [-0.1, -0.05) is 76.3 Å². The first-order valence-corrected chi connectivity index (χ1v) is 12.2. The second-order valence-electron chi connectivity index (χ2n) is 7.86. The minimum atomic E-state index is -1.96. The molecule has 0 heterocycles. The summed E-state index contributed by atoms with van der Waals surface area (Å²) in [7, 11) is -0.402. The zero-order valence-electron chi connectivity index (χ0n) is 17.9. The molecule has 2 atom stereocenters. The van der Waals surface area contributed by atoms with Gasteiger partial charge in [0.2, 0.25) is 0 Å². The molecule has 0 aliphatic carbocycles. The summed E-state index contributed by atoms with van der Waals surface area (Å²) < 4.78 is 10.9. The van der Waals surface area contributed by atoms with Crippen molar-refractivity contribution in [3.63, 3.8) is 0 Å². The normalized spacial score (nSPS) is 13.8. The minimum absolute atomic E-state index is 0.0769. The zero-order valence-corrected chi connectivity index (χ0v) is 19.7. The number of methoxy groups -OCH3 is 1. The van der Waals surface area contributed by atoms with Gasteiger partial charge in [0.25, 0.3) is 0 Å². The van der Waals surface area contributed by atoms with E-state index in [1.165, 1.54) is 0 Å². The van der Waals surface area contributed by atoms with Gasteiger partial charge in [0.15, 0.2) is 0 Å². The van der Waals surface area contributed by atoms with Crippen LogP contribution in [0.25, 0.3) is 10.4 Å². The molecule has 0 N–H and O–H groups in total. The standard InChI is InChI=1S/C21H32ClN3O2Si/c1-15(2)28(16(3)4,17(5)6)13-12-20(24-25-23)21(27-14-26-7)18-8-10-19(22)11-9-18/h8-11,15-17,20-21H,14H2,1-7H3/t20-,21+/m1/s1. The van der Waals surface area contributed by atoms with Gasteiger partial charge < -0.3 is 9.47 Å². The lowest BCUT2D eigenvalue weighted by Gasteiger charge is -2.38. The van der Waals surface area contributed by atoms with Crippen LogP contribution in [0.2, 0.25) is 21.6 Å². The van der Waals surface area contributed by atoms with Crippen molar-refractivity contribution in [2.45, 2.75) is 70.3 Å². The third-order valence-electron chi connectivity index (χ3n) is 5.33. The molecule has 7 heteroatoms. The van der Waals surface area contributed by atoms with E-state index in [0.717, 1.165) is 5.56 Å². The topological polar surface area (TPSA) is 67.2 Å². The van der Waals surface area contributed by atoms with E-state index in [9.17, 15) is 0 Å². The molecule has 1 aromatic carbocycles. The molecule has 0 bridgehead atoms. The van der Waals surface area contributed by atoms with Crippen LogP contribution in [-0.2, 0) is 9.47 Å². The zero-order chi connectivity index (χ0) is 21.3. The Morgan fingerprint density at radius 2 is 1.61 bits per heavy atom. The van der Waals surface area contributed by atoms with E-state index in [1.807, 2.05) is 12.1 Å². The Hall–Kier alpha value is -1.48. The molecule has 0 saturated heterocycles. The Morgan fingerprint density at radius 3 is 2.04 bits per heavy atom. The number of azide groups is 1. The molecule has 0 amide bonds. The Labute approximate surface area is 175 Å². The average molecular weight is 422 g/mol. The summed E-state index contributed by atoms with van der Waals surface area (Å²) in [5, 5.41) is 4.60. The van der Waals surface area contributed by atoms with Gasteiger partial charge in [0, 0.05) is 17.0 Å². The highest BCUT2D eigenvalue weighted by atomic mass is 35.5. The fourth-order valence-corrected chi connectivity index (χ4v) is 9.41. The summed E-state index contributed by atoms with van der Waals surface area (Å²) >= 11 is 6.02. The number of halogens is 1. The largest absolute Gasteiger partial charge is 0.359 e. The van der Waals surface area contributed by atoms with Gasteiger partial charge in [-0.2, -0.15) is 0 Å². The van der Waals surface area contributed by atoms with Gasteiger partial charge in [-0.25, -0.2) is 0 Å². The molecule has 1 rings (SSSR count). The highest BCUT2D eigenvalue weighted by molar-refractivity contribution is 6.90. The Kier molecular flexibility index (Phi) is 10.1. The van der Waals surface area contributed by atoms with Crippen molar-refractivity contribution in [3.05, 3.63) is 45.3 Å². The molecule has 0 radical (unpaired) electrons. The fraction of sp³-hybridized carbons (Fsp3) is 0.619. The molecule has 0 unspecified atom stereocenters. The minimum Gasteiger partial charge on any atom is -0.359 e. The third-order valence-corrected chi connectivity index (χ3v) is 11.9. The van der Waals surface area contributed by atoms with Crippen LogP contribution in [0.3, 0.4) is 0 Å². The van der Waals surface area contributed by atoms with Crippen molar-refractivity contribution in [3.8, 4) is 11.5 Å². The van der Waals surface area contributed by atoms with E-state index >= 15 is 0 Å². The molecule has 0 aromatic heterocycles. The van der Waals surface area contributed by atoms with Crippen LogP contribution < -0.4 is 0 Å². The molecule has 0 aliphatic heterocycles. The fourth-order valence-electron chi connectivity index (χ4n) is 4.02. The summed E-state index contributed by atoms with van der Waals surface area (Å²) in [5.74, 6) is 3.31. The lowest BCUT2D eigenvalue weighted by atomic mass is 10.0. The van der Waals surface area contributed by atoms with Crippen molar-refractivity contribution in [2.75, 3.05) is 13.9 Å². The van der Waals surface area contributed by atoms with E-state index in [4.69, 9.17) is 26.6 Å². The first kappa shape index (κ1) is 24.6. The number of rotatable bonds is 9. The Bertz CT molecular complexity index is 698. The van der Waals surface area contributed by atoms with Gasteiger partial charge in [-0.05, 0) is 39.9 Å². The third kappa shape index (κ3) is 6.01. The van der Waals surface area contributed by atoms with Crippen LogP contribution in [0, 0.1) is 11.5 Å². The van der Waals surface area contributed by atoms with Gasteiger partial charge in [-0.15, -0.1) is 5.54 Å². The second-order valence-corrected chi connectivity index (χ2v) is 13.9. The lowest BCUT2D eigenvalue weighted by Crippen LogP contribution is -2.43. The number of benzene rings is 1. The first-order valence-electron chi connectivity index (χ1n) is 9.63. The van der Waals surface area contributed by atoms with E-state index in [2.05, 4.69) is 63.0 Å². The molecule has 0 saturated carbocycles. The van der Waals surface area contributed by atoms with Crippen molar-refractivity contribution < 1.29 is 9.47 Å². The summed E-state index contributed by atoms with van der Waals surface area (Å²) in [4.78, 5) is 3.03. The molecule has 28 heavy (non-hydrogen) atoms. The molecule has 5 nitrogen and oxygen atoms in total. The van der Waals surface area contributed by atoms with Gasteiger partial charge >= 0.3 is 0 Å². The molecule has 0 spiro atoms. The molecule has 0 aliphatic rings. The maximum Gasteiger partial charge on any atom is 0.147 e. The summed E-state index contributed by atoms with van der Waals surface area (Å²) in [5.41, 5.74) is 15.1. The van der Waals surface area contributed by atoms with Crippen LogP contribution in [-0.4, -0.2) is 28.0 Å². The molecule has 1 aromatic rings. The van der Waals surface area contributed by atoms with E-state index in [1.54, 1.807) is 19.2 Å². The van der Waals surface area contributed by atoms with E-state index in [-0.39, 0.29) is 6.79 Å². The van der Waals surface area contributed by atoms with Crippen LogP contribution >= 0.6 is 11.6 Å². The van der Waals surface area contributed by atoms with Crippen LogP contribution in [0.15, 0.2) is 29.4 Å². The Balaban J connectivity index is 3.44. The predicted molar refractivity (Wildman–Crippen MR) is 119 cm³/mol. The highest BCUT2D eigenvalue weighted by Gasteiger charge is 2.42. The quantitative estimate of drug-likeness (QED) is 0.109. The van der Waals surface area contributed by atoms with Crippen LogP contribution in [0.4, 0.5) is 0 Å².